The van der Waals surface area contributed by atoms with E-state index in [4.69, 9.17) is 14.0 Å². The zero-order chi connectivity index (χ0) is 20.8. The first-order valence-electron chi connectivity index (χ1n) is 9.86. The second-order valence-corrected chi connectivity index (χ2v) is 7.09. The number of hydrogen-bond donors (Lipinski definition) is 1. The Balaban J connectivity index is 1.27. The summed E-state index contributed by atoms with van der Waals surface area (Å²) in [5.41, 5.74) is 1.91. The Morgan fingerprint density at radius 3 is 2.77 bits per heavy atom. The predicted octanol–water partition coefficient (Wildman–Crippen LogP) is 3.25. The van der Waals surface area contributed by atoms with Gasteiger partial charge in [-0.05, 0) is 29.8 Å². The molecule has 2 aromatic carbocycles. The standard InChI is InChI=1S/C22H24N4O4/c1-28-15-20-24-21(25-30-20)17-7-9-18(10-8-17)29-19-11-12-26(14-19)22(27)23-13-16-5-3-2-4-6-16/h2-10,19H,11-15H2,1H3,(H,23,27). The first-order chi connectivity index (χ1) is 14.7. The normalized spacial score (nSPS) is 15.9. The van der Waals surface area contributed by atoms with Crippen molar-refractivity contribution in [2.24, 2.45) is 0 Å². The zero-order valence-corrected chi connectivity index (χ0v) is 16.8. The Labute approximate surface area is 174 Å². The fourth-order valence-corrected chi connectivity index (χ4v) is 3.32. The van der Waals surface area contributed by atoms with Crippen LogP contribution in [0, 0.1) is 0 Å². The molecule has 156 valence electrons. The minimum absolute atomic E-state index is 0.0307. The highest BCUT2D eigenvalue weighted by Gasteiger charge is 2.27. The average molecular weight is 408 g/mol. The number of methoxy groups -OCH3 is 1. The summed E-state index contributed by atoms with van der Waals surface area (Å²) in [5.74, 6) is 1.69. The molecule has 30 heavy (non-hydrogen) atoms. The lowest BCUT2D eigenvalue weighted by Gasteiger charge is -2.18. The van der Waals surface area contributed by atoms with Crippen LogP contribution < -0.4 is 10.1 Å². The number of carbonyl (C=O) groups excluding carboxylic acids is 1. The third kappa shape index (κ3) is 4.96. The molecule has 8 nitrogen and oxygen atoms in total. The largest absolute Gasteiger partial charge is 0.489 e. The van der Waals surface area contributed by atoms with Crippen LogP contribution in [0.5, 0.6) is 5.75 Å². The highest BCUT2D eigenvalue weighted by atomic mass is 16.5. The second-order valence-electron chi connectivity index (χ2n) is 7.09. The van der Waals surface area contributed by atoms with Crippen LogP contribution in [-0.4, -0.2) is 47.4 Å². The number of likely N-dealkylation sites (tertiary alicyclic amines) is 1. The molecule has 1 fully saturated rings. The molecule has 1 aliphatic rings. The van der Waals surface area contributed by atoms with Crippen LogP contribution >= 0.6 is 0 Å². The van der Waals surface area contributed by atoms with Gasteiger partial charge in [0.25, 0.3) is 5.89 Å². The lowest BCUT2D eigenvalue weighted by molar-refractivity contribution is 0.151. The Hall–Kier alpha value is -3.39. The minimum Gasteiger partial charge on any atom is -0.489 e. The number of nitrogens with one attached hydrogen (secondary N) is 1. The van der Waals surface area contributed by atoms with Crippen molar-refractivity contribution in [3.8, 4) is 17.1 Å². The molecule has 1 atom stereocenters. The van der Waals surface area contributed by atoms with Gasteiger partial charge < -0.3 is 24.2 Å². The van der Waals surface area contributed by atoms with Crippen LogP contribution in [0.2, 0.25) is 0 Å². The lowest BCUT2D eigenvalue weighted by atomic mass is 10.2. The molecule has 1 saturated heterocycles. The van der Waals surface area contributed by atoms with E-state index in [0.29, 0.717) is 31.3 Å². The fraction of sp³-hybridized carbons (Fsp3) is 0.318. The topological polar surface area (TPSA) is 89.7 Å². The van der Waals surface area contributed by atoms with Gasteiger partial charge in [0.2, 0.25) is 5.82 Å². The molecule has 0 saturated carbocycles. The van der Waals surface area contributed by atoms with Crippen LogP contribution in [0.15, 0.2) is 59.1 Å². The van der Waals surface area contributed by atoms with Gasteiger partial charge in [0.1, 0.15) is 18.5 Å². The molecule has 8 heteroatoms. The van der Waals surface area contributed by atoms with Crippen molar-refractivity contribution in [2.45, 2.75) is 25.7 Å². The molecule has 4 rings (SSSR count). The molecule has 1 aromatic heterocycles. The van der Waals surface area contributed by atoms with Gasteiger partial charge in [-0.1, -0.05) is 35.5 Å². The number of urea groups is 1. The van der Waals surface area contributed by atoms with Crippen LogP contribution in [0.4, 0.5) is 4.79 Å². The van der Waals surface area contributed by atoms with E-state index in [-0.39, 0.29) is 18.7 Å². The van der Waals surface area contributed by atoms with Crippen LogP contribution in [0.1, 0.15) is 17.9 Å². The van der Waals surface area contributed by atoms with Crippen LogP contribution in [0.3, 0.4) is 0 Å². The summed E-state index contributed by atoms with van der Waals surface area (Å²) in [5, 5.41) is 6.91. The summed E-state index contributed by atoms with van der Waals surface area (Å²) in [7, 11) is 1.58. The molecule has 0 spiro atoms. The number of carbonyl (C=O) groups is 1. The van der Waals surface area contributed by atoms with E-state index in [0.717, 1.165) is 23.3 Å². The van der Waals surface area contributed by atoms with Crippen molar-refractivity contribution in [2.75, 3.05) is 20.2 Å². The van der Waals surface area contributed by atoms with Crippen molar-refractivity contribution >= 4 is 6.03 Å². The molecule has 1 aliphatic heterocycles. The van der Waals surface area contributed by atoms with Crippen molar-refractivity contribution in [3.05, 3.63) is 66.1 Å². The fourth-order valence-electron chi connectivity index (χ4n) is 3.32. The van der Waals surface area contributed by atoms with Gasteiger partial charge in [-0.15, -0.1) is 0 Å². The van der Waals surface area contributed by atoms with Gasteiger partial charge in [0, 0.05) is 32.2 Å². The van der Waals surface area contributed by atoms with Gasteiger partial charge in [0.05, 0.1) is 6.54 Å². The molecule has 0 aliphatic carbocycles. The number of rotatable bonds is 7. The molecule has 0 bridgehead atoms. The maximum atomic E-state index is 12.4. The Morgan fingerprint density at radius 1 is 1.20 bits per heavy atom. The lowest BCUT2D eigenvalue weighted by Crippen LogP contribution is -2.39. The van der Waals surface area contributed by atoms with Gasteiger partial charge in [-0.2, -0.15) is 4.98 Å². The molecular formula is C22H24N4O4. The van der Waals surface area contributed by atoms with E-state index in [1.165, 1.54) is 0 Å². The molecule has 0 radical (unpaired) electrons. The summed E-state index contributed by atoms with van der Waals surface area (Å²) in [6.07, 6.45) is 0.767. The average Bonchev–Trinajstić information content (AvgIpc) is 3.44. The Kier molecular flexibility index (Phi) is 6.24. The summed E-state index contributed by atoms with van der Waals surface area (Å²) in [6.45, 7) is 2.04. The highest BCUT2D eigenvalue weighted by Crippen LogP contribution is 2.23. The van der Waals surface area contributed by atoms with E-state index in [9.17, 15) is 4.79 Å². The molecule has 2 amide bonds. The Bertz CT molecular complexity index is 959. The van der Waals surface area contributed by atoms with E-state index in [2.05, 4.69) is 15.5 Å². The number of amides is 2. The number of nitrogens with zero attached hydrogens (tertiary/aromatic N) is 3. The van der Waals surface area contributed by atoms with E-state index >= 15 is 0 Å². The molecule has 1 N–H and O–H groups in total. The van der Waals surface area contributed by atoms with Gasteiger partial charge >= 0.3 is 6.03 Å². The van der Waals surface area contributed by atoms with E-state index < -0.39 is 0 Å². The molecular weight excluding hydrogens is 384 g/mol. The van der Waals surface area contributed by atoms with Crippen LogP contribution in [0.25, 0.3) is 11.4 Å². The summed E-state index contributed by atoms with van der Waals surface area (Å²) >= 11 is 0. The summed E-state index contributed by atoms with van der Waals surface area (Å²) in [4.78, 5) is 18.5. The van der Waals surface area contributed by atoms with Crippen molar-refractivity contribution in [3.63, 3.8) is 0 Å². The number of ether oxygens (including phenoxy) is 2. The third-order valence-electron chi connectivity index (χ3n) is 4.87. The predicted molar refractivity (Wildman–Crippen MR) is 110 cm³/mol. The molecule has 1 unspecified atom stereocenters. The minimum atomic E-state index is -0.0655. The third-order valence-corrected chi connectivity index (χ3v) is 4.87. The second kappa shape index (κ2) is 9.41. The van der Waals surface area contributed by atoms with E-state index in [1.54, 1.807) is 12.0 Å². The monoisotopic (exact) mass is 408 g/mol. The first kappa shape index (κ1) is 19.9. The summed E-state index contributed by atoms with van der Waals surface area (Å²) in [6, 6.07) is 17.3. The smallest absolute Gasteiger partial charge is 0.317 e. The first-order valence-corrected chi connectivity index (χ1v) is 9.86. The highest BCUT2D eigenvalue weighted by molar-refractivity contribution is 5.74. The van der Waals surface area contributed by atoms with E-state index in [1.807, 2.05) is 54.6 Å². The van der Waals surface area contributed by atoms with Gasteiger partial charge in [0.15, 0.2) is 0 Å². The van der Waals surface area contributed by atoms with Crippen molar-refractivity contribution in [1.82, 2.24) is 20.4 Å². The summed E-state index contributed by atoms with van der Waals surface area (Å²) < 4.78 is 16.2. The van der Waals surface area contributed by atoms with Gasteiger partial charge in [-0.3, -0.25) is 0 Å². The van der Waals surface area contributed by atoms with Gasteiger partial charge in [-0.25, -0.2) is 4.79 Å². The molecule has 3 aromatic rings. The number of hydrogen-bond acceptors (Lipinski definition) is 6. The maximum absolute atomic E-state index is 12.4. The number of benzene rings is 2. The van der Waals surface area contributed by atoms with Crippen molar-refractivity contribution < 1.29 is 18.8 Å². The zero-order valence-electron chi connectivity index (χ0n) is 16.8. The molecule has 2 heterocycles. The Morgan fingerprint density at radius 2 is 2.00 bits per heavy atom. The van der Waals surface area contributed by atoms with Crippen molar-refractivity contribution in [1.29, 1.82) is 0 Å². The quantitative estimate of drug-likeness (QED) is 0.646. The number of aromatic nitrogens is 2. The SMILES string of the molecule is COCc1nc(-c2ccc(OC3CCN(C(=O)NCc4ccccc4)C3)cc2)no1. The maximum Gasteiger partial charge on any atom is 0.317 e. The van der Waals surface area contributed by atoms with Crippen LogP contribution in [-0.2, 0) is 17.9 Å².